The second-order valence-corrected chi connectivity index (χ2v) is 7.75. The summed E-state index contributed by atoms with van der Waals surface area (Å²) >= 11 is 0. The molecular formula is C25H28N2O5. The molecule has 1 atom stereocenters. The fraction of sp³-hybridized carbons (Fsp3) is 0.320. The summed E-state index contributed by atoms with van der Waals surface area (Å²) < 4.78 is 5.52. The molecule has 2 aromatic rings. The van der Waals surface area contributed by atoms with Crippen molar-refractivity contribution in [1.82, 2.24) is 10.6 Å². The molecule has 0 radical (unpaired) electrons. The van der Waals surface area contributed by atoms with Crippen LogP contribution in [0.1, 0.15) is 43.7 Å². The van der Waals surface area contributed by atoms with Crippen LogP contribution >= 0.6 is 0 Å². The predicted octanol–water partition coefficient (Wildman–Crippen LogP) is 3.84. The lowest BCUT2D eigenvalue weighted by Crippen LogP contribution is -2.47. The van der Waals surface area contributed by atoms with E-state index in [0.29, 0.717) is 12.8 Å². The first-order chi connectivity index (χ1) is 15.4. The molecule has 0 saturated heterocycles. The van der Waals surface area contributed by atoms with E-state index in [2.05, 4.69) is 22.8 Å². The summed E-state index contributed by atoms with van der Waals surface area (Å²) in [6.07, 6.45) is 1.89. The molecule has 0 fully saturated rings. The number of aliphatic carboxylic acids is 1. The van der Waals surface area contributed by atoms with Gasteiger partial charge in [-0.25, -0.2) is 9.59 Å². The molecule has 1 aliphatic rings. The molecule has 0 heterocycles. The number of rotatable bonds is 9. The van der Waals surface area contributed by atoms with Crippen LogP contribution < -0.4 is 10.6 Å². The average Bonchev–Trinajstić information content (AvgIpc) is 3.11. The van der Waals surface area contributed by atoms with Crippen molar-refractivity contribution in [2.75, 3.05) is 13.2 Å². The summed E-state index contributed by atoms with van der Waals surface area (Å²) in [4.78, 5) is 35.8. The van der Waals surface area contributed by atoms with Gasteiger partial charge in [0, 0.05) is 18.0 Å². The van der Waals surface area contributed by atoms with Gasteiger partial charge in [0.05, 0.1) is 0 Å². The fourth-order valence-electron chi connectivity index (χ4n) is 3.86. The van der Waals surface area contributed by atoms with Crippen LogP contribution in [-0.4, -0.2) is 42.3 Å². The zero-order chi connectivity index (χ0) is 23.1. The number of carbonyl (C=O) groups excluding carboxylic acids is 2. The zero-order valence-electron chi connectivity index (χ0n) is 18.3. The van der Waals surface area contributed by atoms with Gasteiger partial charge in [0.1, 0.15) is 12.6 Å². The topological polar surface area (TPSA) is 105 Å². The van der Waals surface area contributed by atoms with Gasteiger partial charge in [0.2, 0.25) is 5.91 Å². The summed E-state index contributed by atoms with van der Waals surface area (Å²) in [5, 5.41) is 14.1. The summed E-state index contributed by atoms with van der Waals surface area (Å²) in [6, 6.07) is 15.4. The van der Waals surface area contributed by atoms with Gasteiger partial charge in [-0.2, -0.15) is 0 Å². The van der Waals surface area contributed by atoms with Crippen molar-refractivity contribution in [3.8, 4) is 11.1 Å². The van der Waals surface area contributed by atoms with E-state index < -0.39 is 18.1 Å². The van der Waals surface area contributed by atoms with E-state index in [0.717, 1.165) is 22.3 Å². The Kier molecular flexibility index (Phi) is 7.65. The monoisotopic (exact) mass is 436 g/mol. The molecule has 2 aromatic carbocycles. The van der Waals surface area contributed by atoms with E-state index in [1.54, 1.807) is 0 Å². The molecular weight excluding hydrogens is 408 g/mol. The number of fused-ring (bicyclic) bond motifs is 3. The minimum atomic E-state index is -1.04. The zero-order valence-corrected chi connectivity index (χ0v) is 18.3. The van der Waals surface area contributed by atoms with Crippen LogP contribution in [0.4, 0.5) is 4.79 Å². The van der Waals surface area contributed by atoms with Crippen molar-refractivity contribution in [2.45, 2.75) is 38.6 Å². The smallest absolute Gasteiger partial charge is 0.407 e. The van der Waals surface area contributed by atoms with Crippen molar-refractivity contribution in [3.05, 3.63) is 71.3 Å². The highest BCUT2D eigenvalue weighted by molar-refractivity contribution is 5.87. The van der Waals surface area contributed by atoms with Crippen LogP contribution in [0.5, 0.6) is 0 Å². The number of carboxylic acid groups (broad SMARTS) is 1. The summed E-state index contributed by atoms with van der Waals surface area (Å²) in [5.41, 5.74) is 4.66. The number of amides is 2. The second-order valence-electron chi connectivity index (χ2n) is 7.75. The minimum absolute atomic E-state index is 0.0595. The molecule has 0 unspecified atom stereocenters. The Morgan fingerprint density at radius 3 is 2.22 bits per heavy atom. The number of nitrogens with one attached hydrogen (secondary N) is 2. The van der Waals surface area contributed by atoms with Crippen molar-refractivity contribution < 1.29 is 24.2 Å². The van der Waals surface area contributed by atoms with Crippen molar-refractivity contribution >= 4 is 18.0 Å². The third-order valence-electron chi connectivity index (χ3n) is 5.55. The van der Waals surface area contributed by atoms with E-state index in [4.69, 9.17) is 9.84 Å². The van der Waals surface area contributed by atoms with Gasteiger partial charge < -0.3 is 20.5 Å². The molecule has 7 nitrogen and oxygen atoms in total. The summed E-state index contributed by atoms with van der Waals surface area (Å²) in [7, 11) is 0. The van der Waals surface area contributed by atoms with Crippen LogP contribution in [0, 0.1) is 0 Å². The average molecular weight is 437 g/mol. The number of hydrogen-bond donors (Lipinski definition) is 3. The number of carboxylic acids is 1. The third kappa shape index (κ3) is 5.35. The molecule has 0 aliphatic heterocycles. The Balaban J connectivity index is 1.60. The lowest BCUT2D eigenvalue weighted by Gasteiger charge is -2.19. The molecule has 0 bridgehead atoms. The highest BCUT2D eigenvalue weighted by Gasteiger charge is 2.29. The van der Waals surface area contributed by atoms with Gasteiger partial charge in [0.25, 0.3) is 0 Å². The number of carbonyl (C=O) groups is 3. The first-order valence-corrected chi connectivity index (χ1v) is 10.7. The van der Waals surface area contributed by atoms with Crippen LogP contribution in [-0.2, 0) is 14.3 Å². The van der Waals surface area contributed by atoms with E-state index >= 15 is 0 Å². The van der Waals surface area contributed by atoms with E-state index in [-0.39, 0.29) is 30.5 Å². The highest BCUT2D eigenvalue weighted by Crippen LogP contribution is 2.44. The second kappa shape index (κ2) is 10.6. The maximum absolute atomic E-state index is 12.5. The lowest BCUT2D eigenvalue weighted by atomic mass is 9.98. The molecule has 0 spiro atoms. The fourth-order valence-corrected chi connectivity index (χ4v) is 3.86. The van der Waals surface area contributed by atoms with Crippen LogP contribution in [0.3, 0.4) is 0 Å². The molecule has 3 N–H and O–H groups in total. The number of alkyl carbamates (subject to hydrolysis) is 1. The van der Waals surface area contributed by atoms with Gasteiger partial charge in [-0.05, 0) is 35.6 Å². The van der Waals surface area contributed by atoms with Gasteiger partial charge in [0.15, 0.2) is 0 Å². The van der Waals surface area contributed by atoms with E-state index in [1.165, 1.54) is 13.0 Å². The summed E-state index contributed by atoms with van der Waals surface area (Å²) in [6.45, 7) is 3.60. The molecule has 168 valence electrons. The van der Waals surface area contributed by atoms with Gasteiger partial charge in [-0.1, -0.05) is 68.0 Å². The quantitative estimate of drug-likeness (QED) is 0.518. The molecule has 7 heteroatoms. The number of hydrogen-bond acceptors (Lipinski definition) is 4. The van der Waals surface area contributed by atoms with Gasteiger partial charge in [-0.15, -0.1) is 0 Å². The van der Waals surface area contributed by atoms with Crippen LogP contribution in [0.15, 0.2) is 60.2 Å². The molecule has 32 heavy (non-hydrogen) atoms. The molecule has 3 rings (SSSR count). The Hall–Kier alpha value is -3.61. The van der Waals surface area contributed by atoms with Crippen LogP contribution in [0.2, 0.25) is 0 Å². The van der Waals surface area contributed by atoms with Crippen molar-refractivity contribution in [1.29, 1.82) is 0 Å². The van der Waals surface area contributed by atoms with Crippen molar-refractivity contribution in [3.63, 3.8) is 0 Å². The van der Waals surface area contributed by atoms with Crippen LogP contribution in [0.25, 0.3) is 11.1 Å². The maximum atomic E-state index is 12.5. The minimum Gasteiger partial charge on any atom is -0.478 e. The van der Waals surface area contributed by atoms with E-state index in [9.17, 15) is 14.4 Å². The number of benzene rings is 2. The number of ether oxygens (including phenoxy) is 1. The Bertz CT molecular complexity index is 985. The molecule has 0 saturated carbocycles. The Morgan fingerprint density at radius 1 is 1.06 bits per heavy atom. The first kappa shape index (κ1) is 23.1. The molecule has 0 aromatic heterocycles. The van der Waals surface area contributed by atoms with E-state index in [1.807, 2.05) is 43.3 Å². The van der Waals surface area contributed by atoms with Gasteiger partial charge >= 0.3 is 12.1 Å². The Morgan fingerprint density at radius 2 is 1.66 bits per heavy atom. The highest BCUT2D eigenvalue weighted by atomic mass is 16.5. The largest absolute Gasteiger partial charge is 0.478 e. The molecule has 2 amide bonds. The lowest BCUT2D eigenvalue weighted by molar-refractivity contribution is -0.132. The SMILES string of the molecule is CCC[C@@H](NC(=O)OCC1c2ccccc2-c2ccccc21)C(=O)NC/C=C(\C)C(=O)O. The molecule has 1 aliphatic carbocycles. The Labute approximate surface area is 187 Å². The maximum Gasteiger partial charge on any atom is 0.407 e. The van der Waals surface area contributed by atoms with Crippen molar-refractivity contribution in [2.24, 2.45) is 0 Å². The predicted molar refractivity (Wildman–Crippen MR) is 121 cm³/mol. The first-order valence-electron chi connectivity index (χ1n) is 10.7. The van der Waals surface area contributed by atoms with Gasteiger partial charge in [-0.3, -0.25) is 4.79 Å². The standard InChI is InChI=1S/C25H28N2O5/c1-3-8-22(23(28)26-14-13-16(2)24(29)30)27-25(31)32-15-21-19-11-6-4-9-17(19)18-10-5-7-12-20(18)21/h4-7,9-13,21-22H,3,8,14-15H2,1-2H3,(H,26,28)(H,27,31)(H,29,30)/b16-13+/t22-/m1/s1. The normalized spacial score (nSPS) is 13.6. The summed E-state index contributed by atoms with van der Waals surface area (Å²) in [5.74, 6) is -1.48. The third-order valence-corrected chi connectivity index (χ3v) is 5.55.